The van der Waals surface area contributed by atoms with Gasteiger partial charge in [0.2, 0.25) is 0 Å². The van der Waals surface area contributed by atoms with Gasteiger partial charge in [-0.3, -0.25) is 0 Å². The second-order valence-corrected chi connectivity index (χ2v) is 4.56. The van der Waals surface area contributed by atoms with Crippen molar-refractivity contribution < 1.29 is 14.6 Å². The summed E-state index contributed by atoms with van der Waals surface area (Å²) in [6.45, 7) is 0.799. The van der Waals surface area contributed by atoms with Gasteiger partial charge in [-0.1, -0.05) is 30.3 Å². The standard InChI is InChI=1S/C14H20O3/c1-16-14-12(9-15)7-8-13(14)17-10-11-5-3-2-4-6-11/h2-6,12-15H,7-10H2,1H3. The van der Waals surface area contributed by atoms with Crippen LogP contribution >= 0.6 is 0 Å². The molecule has 0 spiro atoms. The SMILES string of the molecule is COC1C(CO)CCC1OCc1ccccc1. The van der Waals surface area contributed by atoms with E-state index >= 15 is 0 Å². The van der Waals surface area contributed by atoms with E-state index in [0.29, 0.717) is 6.61 Å². The van der Waals surface area contributed by atoms with Gasteiger partial charge in [0.05, 0.1) is 18.8 Å². The first-order valence-corrected chi connectivity index (χ1v) is 6.14. The third kappa shape index (κ3) is 3.06. The van der Waals surface area contributed by atoms with E-state index in [1.165, 1.54) is 5.56 Å². The topological polar surface area (TPSA) is 38.7 Å². The first-order valence-electron chi connectivity index (χ1n) is 6.14. The highest BCUT2D eigenvalue weighted by molar-refractivity contribution is 5.13. The van der Waals surface area contributed by atoms with Crippen molar-refractivity contribution in [2.75, 3.05) is 13.7 Å². The predicted octanol–water partition coefficient (Wildman–Crippen LogP) is 1.99. The lowest BCUT2D eigenvalue weighted by Crippen LogP contribution is -2.31. The summed E-state index contributed by atoms with van der Waals surface area (Å²) >= 11 is 0. The summed E-state index contributed by atoms with van der Waals surface area (Å²) in [6, 6.07) is 10.1. The highest BCUT2D eigenvalue weighted by Crippen LogP contribution is 2.30. The van der Waals surface area contributed by atoms with Gasteiger partial charge in [-0.05, 0) is 18.4 Å². The number of aliphatic hydroxyl groups is 1. The maximum atomic E-state index is 9.24. The van der Waals surface area contributed by atoms with Gasteiger partial charge >= 0.3 is 0 Å². The van der Waals surface area contributed by atoms with Crippen LogP contribution in [0.15, 0.2) is 30.3 Å². The summed E-state index contributed by atoms with van der Waals surface area (Å²) in [5, 5.41) is 9.24. The van der Waals surface area contributed by atoms with Gasteiger partial charge in [0.15, 0.2) is 0 Å². The quantitative estimate of drug-likeness (QED) is 0.849. The Hall–Kier alpha value is -0.900. The molecule has 0 aliphatic heterocycles. The number of aliphatic hydroxyl groups excluding tert-OH is 1. The lowest BCUT2D eigenvalue weighted by Gasteiger charge is -2.22. The fourth-order valence-corrected chi connectivity index (χ4v) is 2.51. The molecular weight excluding hydrogens is 216 g/mol. The van der Waals surface area contributed by atoms with E-state index in [9.17, 15) is 5.11 Å². The van der Waals surface area contributed by atoms with E-state index in [-0.39, 0.29) is 24.7 Å². The summed E-state index contributed by atoms with van der Waals surface area (Å²) < 4.78 is 11.3. The molecule has 1 aliphatic carbocycles. The molecule has 0 radical (unpaired) electrons. The Morgan fingerprint density at radius 3 is 2.65 bits per heavy atom. The smallest absolute Gasteiger partial charge is 0.0882 e. The van der Waals surface area contributed by atoms with Crippen molar-refractivity contribution >= 4 is 0 Å². The van der Waals surface area contributed by atoms with Gasteiger partial charge in [-0.25, -0.2) is 0 Å². The van der Waals surface area contributed by atoms with Crippen LogP contribution in [0.1, 0.15) is 18.4 Å². The Labute approximate surface area is 102 Å². The van der Waals surface area contributed by atoms with Crippen LogP contribution in [-0.4, -0.2) is 31.0 Å². The van der Waals surface area contributed by atoms with E-state index in [0.717, 1.165) is 12.8 Å². The number of benzene rings is 1. The summed E-state index contributed by atoms with van der Waals surface area (Å²) in [5.41, 5.74) is 1.18. The Kier molecular flexibility index (Phi) is 4.54. The van der Waals surface area contributed by atoms with Crippen molar-refractivity contribution in [1.29, 1.82) is 0 Å². The molecule has 2 rings (SSSR count). The van der Waals surface area contributed by atoms with Crippen LogP contribution in [0.2, 0.25) is 0 Å². The molecule has 1 aromatic carbocycles. The third-order valence-corrected chi connectivity index (χ3v) is 3.47. The molecule has 1 aromatic rings. The number of ether oxygens (including phenoxy) is 2. The zero-order chi connectivity index (χ0) is 12.1. The van der Waals surface area contributed by atoms with Crippen molar-refractivity contribution in [1.82, 2.24) is 0 Å². The molecule has 3 unspecified atom stereocenters. The molecule has 1 aliphatic rings. The van der Waals surface area contributed by atoms with E-state index in [2.05, 4.69) is 12.1 Å². The van der Waals surface area contributed by atoms with E-state index in [1.807, 2.05) is 18.2 Å². The van der Waals surface area contributed by atoms with Crippen molar-refractivity contribution in [3.8, 4) is 0 Å². The molecule has 3 heteroatoms. The van der Waals surface area contributed by atoms with Crippen molar-refractivity contribution in [3.63, 3.8) is 0 Å². The van der Waals surface area contributed by atoms with Crippen LogP contribution in [0.5, 0.6) is 0 Å². The molecule has 0 heterocycles. The minimum Gasteiger partial charge on any atom is -0.396 e. The average Bonchev–Trinajstić information content (AvgIpc) is 2.79. The average molecular weight is 236 g/mol. The molecule has 1 saturated carbocycles. The van der Waals surface area contributed by atoms with E-state index < -0.39 is 0 Å². The molecule has 3 nitrogen and oxygen atoms in total. The van der Waals surface area contributed by atoms with Gasteiger partial charge in [0, 0.05) is 19.6 Å². The Morgan fingerprint density at radius 2 is 2.00 bits per heavy atom. The van der Waals surface area contributed by atoms with Crippen LogP contribution in [0.25, 0.3) is 0 Å². The number of hydrogen-bond acceptors (Lipinski definition) is 3. The van der Waals surface area contributed by atoms with Crippen LogP contribution in [-0.2, 0) is 16.1 Å². The third-order valence-electron chi connectivity index (χ3n) is 3.47. The fourth-order valence-electron chi connectivity index (χ4n) is 2.51. The van der Waals surface area contributed by atoms with Crippen molar-refractivity contribution in [2.45, 2.75) is 31.7 Å². The van der Waals surface area contributed by atoms with Crippen LogP contribution in [0, 0.1) is 5.92 Å². The number of hydrogen-bond donors (Lipinski definition) is 1. The maximum Gasteiger partial charge on any atom is 0.0882 e. The molecule has 0 bridgehead atoms. The Balaban J connectivity index is 1.87. The van der Waals surface area contributed by atoms with Crippen LogP contribution < -0.4 is 0 Å². The summed E-state index contributed by atoms with van der Waals surface area (Å²) in [4.78, 5) is 0. The first-order chi connectivity index (χ1) is 8.35. The number of rotatable bonds is 5. The van der Waals surface area contributed by atoms with Crippen LogP contribution in [0.3, 0.4) is 0 Å². The lowest BCUT2D eigenvalue weighted by molar-refractivity contribution is -0.0661. The van der Waals surface area contributed by atoms with Crippen molar-refractivity contribution in [3.05, 3.63) is 35.9 Å². The van der Waals surface area contributed by atoms with Gasteiger partial charge in [-0.15, -0.1) is 0 Å². The summed E-state index contributed by atoms with van der Waals surface area (Å²) in [5.74, 6) is 0.223. The summed E-state index contributed by atoms with van der Waals surface area (Å²) in [7, 11) is 1.69. The number of methoxy groups -OCH3 is 1. The molecule has 1 N–H and O–H groups in total. The molecule has 0 amide bonds. The normalized spacial score (nSPS) is 28.5. The van der Waals surface area contributed by atoms with Gasteiger partial charge in [-0.2, -0.15) is 0 Å². The predicted molar refractivity (Wildman–Crippen MR) is 65.6 cm³/mol. The Bertz CT molecular complexity index is 325. The van der Waals surface area contributed by atoms with Gasteiger partial charge < -0.3 is 14.6 Å². The van der Waals surface area contributed by atoms with Gasteiger partial charge in [0.25, 0.3) is 0 Å². The second kappa shape index (κ2) is 6.15. The monoisotopic (exact) mass is 236 g/mol. The minimum absolute atomic E-state index is 0.0312. The molecule has 17 heavy (non-hydrogen) atoms. The largest absolute Gasteiger partial charge is 0.396 e. The molecule has 0 saturated heterocycles. The molecule has 1 fully saturated rings. The molecule has 94 valence electrons. The molecule has 0 aromatic heterocycles. The molecule has 3 atom stereocenters. The molecular formula is C14H20O3. The Morgan fingerprint density at radius 1 is 1.24 bits per heavy atom. The zero-order valence-corrected chi connectivity index (χ0v) is 10.2. The highest BCUT2D eigenvalue weighted by atomic mass is 16.5. The lowest BCUT2D eigenvalue weighted by atomic mass is 10.1. The first kappa shape index (κ1) is 12.6. The van der Waals surface area contributed by atoms with Crippen molar-refractivity contribution in [2.24, 2.45) is 5.92 Å². The highest BCUT2D eigenvalue weighted by Gasteiger charge is 2.36. The summed E-state index contributed by atoms with van der Waals surface area (Å²) in [6.07, 6.45) is 2.09. The second-order valence-electron chi connectivity index (χ2n) is 4.56. The van der Waals surface area contributed by atoms with E-state index in [4.69, 9.17) is 9.47 Å². The van der Waals surface area contributed by atoms with Gasteiger partial charge in [0.1, 0.15) is 0 Å². The zero-order valence-electron chi connectivity index (χ0n) is 10.2. The maximum absolute atomic E-state index is 9.24. The van der Waals surface area contributed by atoms with E-state index in [1.54, 1.807) is 7.11 Å². The minimum atomic E-state index is 0.0312. The fraction of sp³-hybridized carbons (Fsp3) is 0.571. The van der Waals surface area contributed by atoms with Crippen LogP contribution in [0.4, 0.5) is 0 Å².